The Labute approximate surface area is 348 Å². The first-order valence-corrected chi connectivity index (χ1v) is 21.1. The van der Waals surface area contributed by atoms with Gasteiger partial charge in [-0.05, 0) is 69.4 Å². The summed E-state index contributed by atoms with van der Waals surface area (Å²) < 4.78 is 24.5. The maximum Gasteiger partial charge on any atom is 0.264 e. The molecule has 1 atom stereocenters. The molecule has 4 aliphatic rings. The van der Waals surface area contributed by atoms with E-state index >= 15 is 0 Å². The van der Waals surface area contributed by atoms with Gasteiger partial charge in [0.15, 0.2) is 0 Å². The molecule has 1 aromatic carbocycles. The predicted molar refractivity (Wildman–Crippen MR) is 218 cm³/mol. The number of aryl methyl sites for hydroxylation is 1. The van der Waals surface area contributed by atoms with Gasteiger partial charge in [-0.15, -0.1) is 0 Å². The first-order valence-electron chi connectivity index (χ1n) is 20.7. The largest absolute Gasteiger partial charge is 0.382 e. The number of rotatable bonds is 23. The minimum absolute atomic E-state index is 0.0691. The Kier molecular flexibility index (Phi) is 14.9. The number of nitrogens with one attached hydrogen (secondary N) is 4. The van der Waals surface area contributed by atoms with Gasteiger partial charge in [0, 0.05) is 55.6 Å². The van der Waals surface area contributed by atoms with Crippen LogP contribution >= 0.6 is 11.6 Å². The molecule has 3 aromatic rings. The highest BCUT2D eigenvalue weighted by Gasteiger charge is 2.45. The maximum atomic E-state index is 13.2. The average Bonchev–Trinajstić information content (AvgIpc) is 3.93. The third kappa shape index (κ3) is 11.2. The molecule has 2 saturated carbocycles. The number of ether oxygens (including phenoxy) is 4. The Bertz CT molecular complexity index is 1950. The second kappa shape index (κ2) is 20.6. The van der Waals surface area contributed by atoms with Gasteiger partial charge in [0.25, 0.3) is 11.8 Å². The molecular weight excluding hydrogens is 782 g/mol. The Morgan fingerprint density at radius 1 is 0.797 bits per heavy atom. The van der Waals surface area contributed by atoms with Crippen LogP contribution in [0.5, 0.6) is 0 Å². The molecule has 4 N–H and O–H groups in total. The SMILES string of the molecule is Cn1ncc(-c2nc(NC3CCC(NCCOCCOCCOCCOCCNc4cccc5c4C(=O)N(C4CCC(=O)NC4=O)C5=O)CC3)ncc2Cl)c1CC1CC1. The van der Waals surface area contributed by atoms with Crippen molar-refractivity contribution in [3.05, 3.63) is 52.4 Å². The number of hydrogen-bond acceptors (Lipinski definition) is 14. The van der Waals surface area contributed by atoms with Crippen LogP contribution in [-0.4, -0.2) is 132 Å². The number of benzene rings is 1. The molecule has 1 saturated heterocycles. The fourth-order valence-electron chi connectivity index (χ4n) is 7.77. The molecule has 59 heavy (non-hydrogen) atoms. The number of fused-ring (bicyclic) bond motifs is 1. The van der Waals surface area contributed by atoms with E-state index in [9.17, 15) is 19.2 Å². The molecule has 3 fully saturated rings. The molecule has 1 unspecified atom stereocenters. The summed E-state index contributed by atoms with van der Waals surface area (Å²) in [5.74, 6) is -0.806. The fourth-order valence-corrected chi connectivity index (χ4v) is 7.96. The summed E-state index contributed by atoms with van der Waals surface area (Å²) in [6.07, 6.45) is 11.4. The molecule has 2 aliphatic carbocycles. The van der Waals surface area contributed by atoms with Crippen molar-refractivity contribution in [3.8, 4) is 11.3 Å². The van der Waals surface area contributed by atoms with E-state index < -0.39 is 29.7 Å². The lowest BCUT2D eigenvalue weighted by Crippen LogP contribution is -2.54. The van der Waals surface area contributed by atoms with E-state index in [-0.39, 0.29) is 24.0 Å². The normalized spacial score (nSPS) is 20.6. The highest BCUT2D eigenvalue weighted by Crippen LogP contribution is 2.37. The van der Waals surface area contributed by atoms with E-state index in [1.54, 1.807) is 24.4 Å². The number of carbonyl (C=O) groups excluding carboxylic acids is 4. The van der Waals surface area contributed by atoms with Gasteiger partial charge in [0.2, 0.25) is 17.8 Å². The monoisotopic (exact) mass is 835 g/mol. The number of hydrogen-bond donors (Lipinski definition) is 4. The van der Waals surface area contributed by atoms with Crippen LogP contribution in [-0.2, 0) is 42.0 Å². The van der Waals surface area contributed by atoms with E-state index in [1.807, 2.05) is 17.9 Å². The minimum Gasteiger partial charge on any atom is -0.382 e. The van der Waals surface area contributed by atoms with Crippen molar-refractivity contribution < 1.29 is 38.1 Å². The van der Waals surface area contributed by atoms with Gasteiger partial charge in [-0.3, -0.25) is 34.1 Å². The molecule has 0 radical (unpaired) electrons. The zero-order valence-electron chi connectivity index (χ0n) is 33.5. The molecule has 0 spiro atoms. The standard InChI is InChI=1S/C41H54ClN9O8/c1-50-34(23-26-5-6-26)30(24-46-50)37-31(42)25-45-41(49-37)47-28-9-7-27(8-10-28)43-13-15-56-17-19-58-21-22-59-20-18-57-16-14-44-32-4-2-3-29-36(32)40(55)51(39(29)54)33-11-12-35(52)48-38(33)53/h2-4,24-28,33,43-44H,5-23H2,1H3,(H,45,47,49)(H,48,52,53). The Balaban J connectivity index is 0.674. The van der Waals surface area contributed by atoms with Crippen molar-refractivity contribution in [1.82, 2.24) is 35.3 Å². The summed E-state index contributed by atoms with van der Waals surface area (Å²) in [5, 5.41) is 17.5. The summed E-state index contributed by atoms with van der Waals surface area (Å²) in [5.41, 5.74) is 3.84. The summed E-state index contributed by atoms with van der Waals surface area (Å²) >= 11 is 6.56. The van der Waals surface area contributed by atoms with Crippen LogP contribution in [0.3, 0.4) is 0 Å². The first-order chi connectivity index (χ1) is 28.8. The Morgan fingerprint density at radius 2 is 1.47 bits per heavy atom. The molecule has 17 nitrogen and oxygen atoms in total. The van der Waals surface area contributed by atoms with Gasteiger partial charge in [-0.25, -0.2) is 9.97 Å². The van der Waals surface area contributed by atoms with Crippen LogP contribution in [0.25, 0.3) is 11.3 Å². The lowest BCUT2D eigenvalue weighted by molar-refractivity contribution is -0.136. The highest BCUT2D eigenvalue weighted by atomic mass is 35.5. The summed E-state index contributed by atoms with van der Waals surface area (Å²) in [7, 11) is 1.98. The number of imide groups is 2. The fraction of sp³-hybridized carbons (Fsp3) is 0.585. The molecule has 0 bridgehead atoms. The molecule has 7 rings (SSSR count). The number of nitrogens with zero attached hydrogens (tertiary/aromatic N) is 5. The third-order valence-corrected chi connectivity index (χ3v) is 11.4. The van der Waals surface area contributed by atoms with Crippen LogP contribution < -0.4 is 21.3 Å². The van der Waals surface area contributed by atoms with Crippen LogP contribution in [0.15, 0.2) is 30.6 Å². The molecular formula is C41H54ClN9O8. The second-order valence-electron chi connectivity index (χ2n) is 15.4. The maximum absolute atomic E-state index is 13.2. The summed E-state index contributed by atoms with van der Waals surface area (Å²) in [6.45, 7) is 4.82. The zero-order valence-corrected chi connectivity index (χ0v) is 34.3. The summed E-state index contributed by atoms with van der Waals surface area (Å²) in [6, 6.07) is 4.70. The number of carbonyl (C=O) groups is 4. The number of piperidine rings is 1. The van der Waals surface area contributed by atoms with E-state index in [2.05, 4.69) is 31.3 Å². The van der Waals surface area contributed by atoms with E-state index in [1.165, 1.54) is 18.5 Å². The summed E-state index contributed by atoms with van der Waals surface area (Å²) in [4.78, 5) is 60.3. The van der Waals surface area contributed by atoms with Gasteiger partial charge in [0.1, 0.15) is 6.04 Å². The number of halogens is 1. The molecule has 4 heterocycles. The van der Waals surface area contributed by atoms with E-state index in [0.717, 1.165) is 60.7 Å². The van der Waals surface area contributed by atoms with Crippen molar-refractivity contribution in [2.75, 3.05) is 76.6 Å². The van der Waals surface area contributed by atoms with E-state index in [0.29, 0.717) is 88.1 Å². The first kappa shape index (κ1) is 42.6. The van der Waals surface area contributed by atoms with Crippen LogP contribution in [0.4, 0.5) is 11.6 Å². The van der Waals surface area contributed by atoms with Crippen LogP contribution in [0.1, 0.15) is 77.8 Å². The highest BCUT2D eigenvalue weighted by molar-refractivity contribution is 6.33. The third-order valence-electron chi connectivity index (χ3n) is 11.1. The predicted octanol–water partition coefficient (Wildman–Crippen LogP) is 3.38. The number of amides is 4. The van der Waals surface area contributed by atoms with Gasteiger partial charge in [-0.1, -0.05) is 17.7 Å². The quantitative estimate of drug-likeness (QED) is 0.0801. The smallest absolute Gasteiger partial charge is 0.264 e. The van der Waals surface area contributed by atoms with Crippen molar-refractivity contribution >= 4 is 46.9 Å². The van der Waals surface area contributed by atoms with Crippen molar-refractivity contribution in [3.63, 3.8) is 0 Å². The van der Waals surface area contributed by atoms with Crippen molar-refractivity contribution in [2.45, 2.75) is 75.9 Å². The average molecular weight is 836 g/mol. The van der Waals surface area contributed by atoms with Gasteiger partial charge >= 0.3 is 0 Å². The lowest BCUT2D eigenvalue weighted by Gasteiger charge is -2.29. The Morgan fingerprint density at radius 3 is 2.17 bits per heavy atom. The van der Waals surface area contributed by atoms with Gasteiger partial charge in [-0.2, -0.15) is 5.10 Å². The second-order valence-corrected chi connectivity index (χ2v) is 15.8. The van der Waals surface area contributed by atoms with Gasteiger partial charge in [0.05, 0.1) is 87.1 Å². The molecule has 4 amide bonds. The van der Waals surface area contributed by atoms with Gasteiger partial charge < -0.3 is 34.9 Å². The Hall–Kier alpha value is -4.52. The molecule has 2 aliphatic heterocycles. The van der Waals surface area contributed by atoms with Crippen LogP contribution in [0, 0.1) is 5.92 Å². The minimum atomic E-state index is -1.01. The van der Waals surface area contributed by atoms with Crippen LogP contribution in [0.2, 0.25) is 5.02 Å². The zero-order chi connectivity index (χ0) is 41.1. The number of anilines is 2. The topological polar surface area (TPSA) is 200 Å². The molecule has 18 heteroatoms. The molecule has 2 aromatic heterocycles. The lowest BCUT2D eigenvalue weighted by atomic mass is 9.91. The van der Waals surface area contributed by atoms with E-state index in [4.69, 9.17) is 35.5 Å². The van der Waals surface area contributed by atoms with Crippen molar-refractivity contribution in [2.24, 2.45) is 13.0 Å². The van der Waals surface area contributed by atoms with Crippen molar-refractivity contribution in [1.29, 1.82) is 0 Å². The molecule has 318 valence electrons. The number of aromatic nitrogens is 4.